The number of ether oxygens (including phenoxy) is 1. The Kier molecular flexibility index (Phi) is 4.83. The van der Waals surface area contributed by atoms with Crippen LogP contribution < -0.4 is 0 Å². The van der Waals surface area contributed by atoms with Gasteiger partial charge in [0.25, 0.3) is 5.91 Å². The highest BCUT2D eigenvalue weighted by atomic mass is 16.6. The molecule has 28 heavy (non-hydrogen) atoms. The van der Waals surface area contributed by atoms with Crippen LogP contribution in [0, 0.1) is 6.92 Å². The molecule has 2 fully saturated rings. The van der Waals surface area contributed by atoms with Gasteiger partial charge in [-0.25, -0.2) is 9.78 Å². The molecule has 1 atom stereocenters. The first kappa shape index (κ1) is 18.5. The van der Waals surface area contributed by atoms with E-state index >= 15 is 0 Å². The lowest BCUT2D eigenvalue weighted by atomic mass is 9.90. The fraction of sp³-hybridized carbons (Fsp3) is 0.476. The van der Waals surface area contributed by atoms with E-state index < -0.39 is 5.60 Å². The summed E-state index contributed by atoms with van der Waals surface area (Å²) in [6.45, 7) is 6.14. The van der Waals surface area contributed by atoms with Crippen LogP contribution in [0.25, 0.3) is 0 Å². The van der Waals surface area contributed by atoms with Gasteiger partial charge in [0.05, 0.1) is 6.54 Å². The Morgan fingerprint density at radius 2 is 1.96 bits per heavy atom. The molecule has 7 nitrogen and oxygen atoms in total. The normalized spacial score (nSPS) is 19.7. The second-order valence-electron chi connectivity index (χ2n) is 7.79. The van der Waals surface area contributed by atoms with Crippen molar-refractivity contribution in [1.29, 1.82) is 0 Å². The molecule has 1 aromatic carbocycles. The minimum atomic E-state index is -0.497. The Bertz CT molecular complexity index is 856. The minimum absolute atomic E-state index is 0.125. The maximum absolute atomic E-state index is 12.6. The SMILES string of the molecule is Cc1ocnc1C(=O)N1CCC2(CC1)CN(C[C@@H](C)c1ccccc1)C(=O)O2. The molecule has 4 rings (SSSR count). The van der Waals surface area contributed by atoms with Crippen LogP contribution in [-0.2, 0) is 4.74 Å². The van der Waals surface area contributed by atoms with Crippen molar-refractivity contribution in [2.24, 2.45) is 0 Å². The van der Waals surface area contributed by atoms with Crippen LogP contribution in [0.1, 0.15) is 47.5 Å². The molecule has 0 aliphatic carbocycles. The number of hydrogen-bond acceptors (Lipinski definition) is 5. The van der Waals surface area contributed by atoms with E-state index in [1.807, 2.05) is 18.2 Å². The third-order valence-electron chi connectivity index (χ3n) is 5.81. The molecule has 1 aromatic heterocycles. The molecule has 7 heteroatoms. The van der Waals surface area contributed by atoms with Crippen molar-refractivity contribution < 1.29 is 18.7 Å². The number of amides is 2. The summed E-state index contributed by atoms with van der Waals surface area (Å²) >= 11 is 0. The highest BCUT2D eigenvalue weighted by Crippen LogP contribution is 2.34. The van der Waals surface area contributed by atoms with Crippen molar-refractivity contribution >= 4 is 12.0 Å². The molecule has 2 aliphatic heterocycles. The number of aromatic nitrogens is 1. The maximum atomic E-state index is 12.6. The Hall–Kier alpha value is -2.83. The number of piperidine rings is 1. The van der Waals surface area contributed by atoms with Gasteiger partial charge in [-0.3, -0.25) is 4.79 Å². The first-order valence-electron chi connectivity index (χ1n) is 9.70. The highest BCUT2D eigenvalue weighted by molar-refractivity contribution is 5.93. The number of hydrogen-bond donors (Lipinski definition) is 0. The zero-order chi connectivity index (χ0) is 19.7. The summed E-state index contributed by atoms with van der Waals surface area (Å²) in [6.07, 6.45) is 2.31. The summed E-state index contributed by atoms with van der Waals surface area (Å²) in [5.74, 6) is 0.638. The van der Waals surface area contributed by atoms with Gasteiger partial charge in [-0.05, 0) is 18.4 Å². The molecule has 0 saturated carbocycles. The van der Waals surface area contributed by atoms with Crippen LogP contribution >= 0.6 is 0 Å². The maximum Gasteiger partial charge on any atom is 0.410 e. The molecule has 2 aromatic rings. The number of oxazole rings is 1. The van der Waals surface area contributed by atoms with Gasteiger partial charge in [0.2, 0.25) is 0 Å². The number of likely N-dealkylation sites (tertiary alicyclic amines) is 1. The zero-order valence-corrected chi connectivity index (χ0v) is 16.3. The molecule has 1 spiro atoms. The second kappa shape index (κ2) is 7.30. The van der Waals surface area contributed by atoms with Crippen molar-refractivity contribution in [2.45, 2.75) is 38.2 Å². The van der Waals surface area contributed by atoms with Gasteiger partial charge < -0.3 is 19.0 Å². The molecular formula is C21H25N3O4. The van der Waals surface area contributed by atoms with Gasteiger partial charge >= 0.3 is 6.09 Å². The van der Waals surface area contributed by atoms with Gasteiger partial charge in [0, 0.05) is 32.5 Å². The fourth-order valence-corrected chi connectivity index (χ4v) is 4.09. The minimum Gasteiger partial charge on any atom is -0.448 e. The van der Waals surface area contributed by atoms with E-state index in [-0.39, 0.29) is 17.9 Å². The van der Waals surface area contributed by atoms with E-state index in [4.69, 9.17) is 9.15 Å². The van der Waals surface area contributed by atoms with Crippen LogP contribution in [0.15, 0.2) is 41.1 Å². The van der Waals surface area contributed by atoms with E-state index in [1.54, 1.807) is 16.7 Å². The molecular weight excluding hydrogens is 358 g/mol. The smallest absolute Gasteiger partial charge is 0.410 e. The summed E-state index contributed by atoms with van der Waals surface area (Å²) in [5, 5.41) is 0. The van der Waals surface area contributed by atoms with Gasteiger partial charge in [-0.15, -0.1) is 0 Å². The number of carbonyl (C=O) groups excluding carboxylic acids is 2. The summed E-state index contributed by atoms with van der Waals surface area (Å²) in [7, 11) is 0. The monoisotopic (exact) mass is 383 g/mol. The van der Waals surface area contributed by atoms with Gasteiger partial charge in [0.1, 0.15) is 11.4 Å². The van der Waals surface area contributed by atoms with Crippen LogP contribution in [-0.4, -0.2) is 58.6 Å². The van der Waals surface area contributed by atoms with E-state index in [0.717, 1.165) is 0 Å². The van der Waals surface area contributed by atoms with E-state index in [1.165, 1.54) is 12.0 Å². The number of nitrogens with zero attached hydrogens (tertiary/aromatic N) is 3. The summed E-state index contributed by atoms with van der Waals surface area (Å²) in [4.78, 5) is 32.6. The predicted octanol–water partition coefficient (Wildman–Crippen LogP) is 3.21. The number of carbonyl (C=O) groups is 2. The van der Waals surface area contributed by atoms with Crippen molar-refractivity contribution in [3.8, 4) is 0 Å². The lowest BCUT2D eigenvalue weighted by molar-refractivity contribution is 0.00294. The number of aryl methyl sites for hydroxylation is 1. The van der Waals surface area contributed by atoms with E-state index in [2.05, 4.69) is 24.0 Å². The van der Waals surface area contributed by atoms with Crippen LogP contribution in [0.5, 0.6) is 0 Å². The quantitative estimate of drug-likeness (QED) is 0.810. The average molecular weight is 383 g/mol. The Morgan fingerprint density at radius 3 is 2.61 bits per heavy atom. The molecule has 0 bridgehead atoms. The third kappa shape index (κ3) is 3.48. The summed E-state index contributed by atoms with van der Waals surface area (Å²) in [6, 6.07) is 10.2. The zero-order valence-electron chi connectivity index (χ0n) is 16.3. The molecule has 2 amide bonds. The van der Waals surface area contributed by atoms with Crippen molar-refractivity contribution in [3.63, 3.8) is 0 Å². The van der Waals surface area contributed by atoms with E-state index in [9.17, 15) is 9.59 Å². The Labute approximate surface area is 164 Å². The Morgan fingerprint density at radius 1 is 1.25 bits per heavy atom. The lowest BCUT2D eigenvalue weighted by Crippen LogP contribution is -2.49. The first-order chi connectivity index (χ1) is 13.5. The summed E-state index contributed by atoms with van der Waals surface area (Å²) < 4.78 is 10.9. The molecule has 0 N–H and O–H groups in total. The standard InChI is InChI=1S/C21H25N3O4/c1-15(17-6-4-3-5-7-17)12-24-13-21(28-20(24)26)8-10-23(11-9-21)19(25)18-16(2)27-14-22-18/h3-7,14-15H,8-13H2,1-2H3/t15-/m1/s1. The van der Waals surface area contributed by atoms with E-state index in [0.29, 0.717) is 50.5 Å². The number of rotatable bonds is 4. The van der Waals surface area contributed by atoms with Crippen molar-refractivity contribution in [2.75, 3.05) is 26.2 Å². The highest BCUT2D eigenvalue weighted by Gasteiger charge is 2.47. The van der Waals surface area contributed by atoms with Gasteiger partial charge in [0.15, 0.2) is 12.1 Å². The van der Waals surface area contributed by atoms with Crippen LogP contribution in [0.3, 0.4) is 0 Å². The largest absolute Gasteiger partial charge is 0.448 e. The van der Waals surface area contributed by atoms with Crippen LogP contribution in [0.2, 0.25) is 0 Å². The van der Waals surface area contributed by atoms with Crippen molar-refractivity contribution in [3.05, 3.63) is 53.7 Å². The average Bonchev–Trinajstić information content (AvgIpc) is 3.26. The van der Waals surface area contributed by atoms with Crippen molar-refractivity contribution in [1.82, 2.24) is 14.8 Å². The number of benzene rings is 1. The summed E-state index contributed by atoms with van der Waals surface area (Å²) in [5.41, 5.74) is 1.07. The van der Waals surface area contributed by atoms with Gasteiger partial charge in [-0.2, -0.15) is 0 Å². The molecule has 0 radical (unpaired) electrons. The van der Waals surface area contributed by atoms with Gasteiger partial charge in [-0.1, -0.05) is 37.3 Å². The second-order valence-corrected chi connectivity index (χ2v) is 7.79. The topological polar surface area (TPSA) is 75.9 Å². The fourth-order valence-electron chi connectivity index (χ4n) is 4.09. The third-order valence-corrected chi connectivity index (χ3v) is 5.81. The molecule has 2 aliphatic rings. The van der Waals surface area contributed by atoms with Crippen LogP contribution in [0.4, 0.5) is 4.79 Å². The predicted molar refractivity (Wildman–Crippen MR) is 102 cm³/mol. The first-order valence-corrected chi connectivity index (χ1v) is 9.70. The lowest BCUT2D eigenvalue weighted by Gasteiger charge is -2.37. The molecule has 0 unspecified atom stereocenters. The molecule has 3 heterocycles. The molecule has 2 saturated heterocycles. The Balaban J connectivity index is 1.36. The molecule has 148 valence electrons.